The zero-order valence-corrected chi connectivity index (χ0v) is 27.7. The van der Waals surface area contributed by atoms with Gasteiger partial charge in [-0.25, -0.2) is 9.78 Å². The van der Waals surface area contributed by atoms with Crippen LogP contribution in [0.3, 0.4) is 0 Å². The molecule has 0 fully saturated rings. The number of rotatable bonds is 13. The molecule has 3 aromatic carbocycles. The predicted molar refractivity (Wildman–Crippen MR) is 178 cm³/mol. The van der Waals surface area contributed by atoms with Crippen LogP contribution in [0.4, 0.5) is 36.3 Å². The Balaban J connectivity index is 1.51. The largest absolute Gasteiger partial charge is 0.495 e. The first-order valence-electron chi connectivity index (χ1n) is 14.9. The molecule has 0 spiro atoms. The number of halogens is 3. The lowest BCUT2D eigenvalue weighted by Crippen LogP contribution is -2.13. The number of nitrogens with zero attached hydrogens (tertiary/aromatic N) is 3. The van der Waals surface area contributed by atoms with E-state index < -0.39 is 31.1 Å². The number of anilines is 4. The highest BCUT2D eigenvalue weighted by Crippen LogP contribution is 2.52. The van der Waals surface area contributed by atoms with Crippen molar-refractivity contribution >= 4 is 47.5 Å². The molecule has 2 aromatic heterocycles. The van der Waals surface area contributed by atoms with E-state index in [0.29, 0.717) is 34.0 Å². The number of aromatic carboxylic acids is 1. The van der Waals surface area contributed by atoms with Crippen LogP contribution < -0.4 is 15.4 Å². The van der Waals surface area contributed by atoms with Crippen molar-refractivity contribution in [3.63, 3.8) is 0 Å². The van der Waals surface area contributed by atoms with Gasteiger partial charge in [-0.3, -0.25) is 4.57 Å². The van der Waals surface area contributed by atoms with Gasteiger partial charge in [-0.15, -0.1) is 0 Å². The molecule has 0 radical (unpaired) electrons. The molecule has 0 bridgehead atoms. The molecule has 0 amide bonds. The number of nitrogens with one attached hydrogen (secondary N) is 2. The molecule has 0 aliphatic carbocycles. The lowest BCUT2D eigenvalue weighted by atomic mass is 9.98. The summed E-state index contributed by atoms with van der Waals surface area (Å²) in [5, 5.41) is 26.6. The summed E-state index contributed by atoms with van der Waals surface area (Å²) in [5.41, 5.74) is 1.21. The van der Waals surface area contributed by atoms with Gasteiger partial charge in [0.05, 0.1) is 48.8 Å². The van der Waals surface area contributed by atoms with Crippen molar-refractivity contribution in [3.05, 3.63) is 83.7 Å². The highest BCUT2D eigenvalue weighted by Gasteiger charge is 2.36. The summed E-state index contributed by atoms with van der Waals surface area (Å²) in [6, 6.07) is 14.1. The van der Waals surface area contributed by atoms with Gasteiger partial charge in [-0.1, -0.05) is 24.3 Å². The van der Waals surface area contributed by atoms with Gasteiger partial charge >= 0.3 is 19.7 Å². The van der Waals surface area contributed by atoms with Gasteiger partial charge in [0.1, 0.15) is 17.1 Å². The number of aromatic hydroxyl groups is 1. The minimum atomic E-state index is -4.83. The third-order valence-electron chi connectivity index (χ3n) is 7.46. The molecule has 12 nitrogen and oxygen atoms in total. The Kier molecular flexibility index (Phi) is 10.2. The minimum absolute atomic E-state index is 0.0244. The molecule has 4 N–H and O–H groups in total. The molecule has 0 saturated heterocycles. The number of carboxylic acid groups (broad SMARTS) is 1. The second-order valence-electron chi connectivity index (χ2n) is 10.7. The smallest absolute Gasteiger partial charge is 0.421 e. The Morgan fingerprint density at radius 1 is 1.00 bits per heavy atom. The van der Waals surface area contributed by atoms with Crippen molar-refractivity contribution in [2.45, 2.75) is 26.2 Å². The van der Waals surface area contributed by atoms with E-state index in [0.717, 1.165) is 0 Å². The van der Waals surface area contributed by atoms with Gasteiger partial charge in [0.25, 0.3) is 0 Å². The van der Waals surface area contributed by atoms with Crippen molar-refractivity contribution < 1.29 is 46.5 Å². The van der Waals surface area contributed by atoms with Crippen molar-refractivity contribution in [1.29, 1.82) is 0 Å². The van der Waals surface area contributed by atoms with E-state index in [-0.39, 0.29) is 53.6 Å². The van der Waals surface area contributed by atoms with Crippen LogP contribution in [0.15, 0.2) is 67.0 Å². The molecule has 16 heteroatoms. The lowest BCUT2D eigenvalue weighted by molar-refractivity contribution is -0.137. The number of benzene rings is 3. The summed E-state index contributed by atoms with van der Waals surface area (Å²) >= 11 is 0. The number of carbonyl (C=O) groups is 1. The molecular weight excluding hydrogens is 666 g/mol. The van der Waals surface area contributed by atoms with Crippen molar-refractivity contribution in [1.82, 2.24) is 14.5 Å². The molecule has 0 unspecified atom stereocenters. The minimum Gasteiger partial charge on any atom is -0.495 e. The zero-order valence-electron chi connectivity index (χ0n) is 26.8. The number of aromatic nitrogens is 3. The van der Waals surface area contributed by atoms with E-state index in [1.54, 1.807) is 63.5 Å². The summed E-state index contributed by atoms with van der Waals surface area (Å²) in [6.07, 6.45) is -2.60. The monoisotopic (exact) mass is 699 g/mol. The number of carboxylic acids is 1. The Bertz CT molecular complexity index is 2040. The van der Waals surface area contributed by atoms with Crippen LogP contribution in [-0.4, -0.2) is 51.0 Å². The predicted octanol–water partition coefficient (Wildman–Crippen LogP) is 8.32. The fourth-order valence-corrected chi connectivity index (χ4v) is 6.94. The van der Waals surface area contributed by atoms with Crippen molar-refractivity contribution in [3.8, 4) is 22.8 Å². The van der Waals surface area contributed by atoms with Crippen LogP contribution in [0, 0.1) is 0 Å². The maximum absolute atomic E-state index is 14.2. The summed E-state index contributed by atoms with van der Waals surface area (Å²) < 4.78 is 73.2. The van der Waals surface area contributed by atoms with Gasteiger partial charge < -0.3 is 39.2 Å². The fraction of sp³-hybridized carbons (Fsp3) is 0.242. The number of aryl methyl sites for hydroxylation is 1. The van der Waals surface area contributed by atoms with E-state index in [1.807, 2.05) is 0 Å². The molecule has 5 rings (SSSR count). The topological polar surface area (TPSA) is 157 Å². The molecular formula is C33H33F3N5O7P. The van der Waals surface area contributed by atoms with Gasteiger partial charge in [-0.2, -0.15) is 18.2 Å². The first-order chi connectivity index (χ1) is 23.3. The average Bonchev–Trinajstić information content (AvgIpc) is 3.35. The highest BCUT2D eigenvalue weighted by molar-refractivity contribution is 7.53. The van der Waals surface area contributed by atoms with E-state index in [4.69, 9.17) is 13.8 Å². The number of fused-ring (bicyclic) bond motifs is 1. The second kappa shape index (κ2) is 14.2. The fourth-order valence-electron chi connectivity index (χ4n) is 5.25. The van der Waals surface area contributed by atoms with Crippen molar-refractivity contribution in [2.75, 3.05) is 31.0 Å². The Labute approximate surface area is 279 Å². The summed E-state index contributed by atoms with van der Waals surface area (Å²) in [5.74, 6) is -1.81. The van der Waals surface area contributed by atoms with Crippen LogP contribution in [0.1, 0.15) is 35.3 Å². The van der Waals surface area contributed by atoms with Gasteiger partial charge in [0, 0.05) is 24.8 Å². The lowest BCUT2D eigenvalue weighted by Gasteiger charge is -2.19. The SMILES string of the molecule is CCOP(=O)(Cc1ccc(Nc2ncc(C(F)(F)F)c(Nc3ccc(-c4ccc(C(=O)O)cc4)c4cn(C)c(O)c34)n2)c(OC)c1)OCC. The normalized spacial score (nSPS) is 11.9. The summed E-state index contributed by atoms with van der Waals surface area (Å²) in [4.78, 5) is 19.4. The molecule has 0 aliphatic heterocycles. The van der Waals surface area contributed by atoms with E-state index in [9.17, 15) is 32.7 Å². The van der Waals surface area contributed by atoms with Crippen LogP contribution in [0.25, 0.3) is 21.9 Å². The average molecular weight is 700 g/mol. The quantitative estimate of drug-likeness (QED) is 0.0876. The van der Waals surface area contributed by atoms with Crippen LogP contribution >= 0.6 is 7.60 Å². The van der Waals surface area contributed by atoms with E-state index >= 15 is 0 Å². The number of ether oxygens (including phenoxy) is 1. The third kappa shape index (κ3) is 7.64. The van der Waals surface area contributed by atoms with Crippen LogP contribution in [0.2, 0.25) is 0 Å². The molecule has 5 aromatic rings. The molecule has 49 heavy (non-hydrogen) atoms. The first kappa shape index (κ1) is 35.2. The van der Waals surface area contributed by atoms with Crippen molar-refractivity contribution in [2.24, 2.45) is 7.05 Å². The molecule has 2 heterocycles. The molecule has 0 aliphatic rings. The number of methoxy groups -OCH3 is 1. The van der Waals surface area contributed by atoms with E-state index in [2.05, 4.69) is 20.6 Å². The van der Waals surface area contributed by atoms with Gasteiger partial charge in [0.2, 0.25) is 11.8 Å². The van der Waals surface area contributed by atoms with Gasteiger partial charge in [-0.05, 0) is 60.9 Å². The van der Waals surface area contributed by atoms with Crippen LogP contribution in [0.5, 0.6) is 11.6 Å². The zero-order chi connectivity index (χ0) is 35.5. The molecule has 0 atom stereocenters. The maximum Gasteiger partial charge on any atom is 0.421 e. The third-order valence-corrected chi connectivity index (χ3v) is 9.51. The number of hydrogen-bond acceptors (Lipinski definition) is 10. The molecule has 258 valence electrons. The number of alkyl halides is 3. The summed E-state index contributed by atoms with van der Waals surface area (Å²) in [6.45, 7) is 3.79. The Hall–Kier alpha value is -5.11. The Morgan fingerprint density at radius 2 is 1.67 bits per heavy atom. The molecule has 0 saturated carbocycles. The first-order valence-corrected chi connectivity index (χ1v) is 16.7. The Morgan fingerprint density at radius 3 is 2.29 bits per heavy atom. The standard InChI is InChI=1S/C33H33F3N5O7P/c1-5-47-49(45,48-6-2)18-19-7-13-25(27(15-19)46-4)39-32-37-16-24(33(34,35)36)29(40-32)38-26-14-12-22(23-17-41(3)30(42)28(23)26)20-8-10-21(11-9-20)31(43)44/h7-17,42H,5-6,18H2,1-4H3,(H,43,44)(H2,37,38,39,40). The second-order valence-corrected chi connectivity index (χ2v) is 12.8. The van der Waals surface area contributed by atoms with Crippen LogP contribution in [-0.2, 0) is 33.0 Å². The summed E-state index contributed by atoms with van der Waals surface area (Å²) in [7, 11) is -0.438. The number of hydrogen-bond donors (Lipinski definition) is 4. The maximum atomic E-state index is 14.2. The highest BCUT2D eigenvalue weighted by atomic mass is 31.2. The van der Waals surface area contributed by atoms with E-state index in [1.165, 1.54) is 29.9 Å². The van der Waals surface area contributed by atoms with Gasteiger partial charge in [0.15, 0.2) is 0 Å².